The number of piperidine rings is 1. The Morgan fingerprint density at radius 3 is 2.85 bits per heavy atom. The van der Waals surface area contributed by atoms with Gasteiger partial charge in [0.05, 0.1) is 13.2 Å². The molecular weight excluding hydrogens is 274 g/mol. The summed E-state index contributed by atoms with van der Waals surface area (Å²) in [7, 11) is 0. The topological polar surface area (TPSA) is 45.7 Å². The van der Waals surface area contributed by atoms with E-state index in [2.05, 4.69) is 9.88 Å². The second-order valence-corrected chi connectivity index (χ2v) is 6.67. The lowest BCUT2D eigenvalue weighted by atomic mass is 9.78. The lowest BCUT2D eigenvalue weighted by molar-refractivity contribution is -0.130. The summed E-state index contributed by atoms with van der Waals surface area (Å²) in [6.45, 7) is 6.68. The van der Waals surface area contributed by atoms with Gasteiger partial charge in [-0.1, -0.05) is 0 Å². The first-order valence-corrected chi connectivity index (χ1v) is 8.04. The molecule has 2 aliphatic heterocycles. The van der Waals surface area contributed by atoms with Crippen molar-refractivity contribution >= 4 is 22.4 Å². The quantitative estimate of drug-likeness (QED) is 0.789. The Kier molecular flexibility index (Phi) is 3.94. The highest BCUT2D eigenvalue weighted by molar-refractivity contribution is 7.13. The molecule has 0 aliphatic carbocycles. The number of hydrogen-bond donors (Lipinski definition) is 0. The Balaban J connectivity index is 1.66. The van der Waals surface area contributed by atoms with Crippen molar-refractivity contribution in [2.45, 2.75) is 19.8 Å². The van der Waals surface area contributed by atoms with Gasteiger partial charge < -0.3 is 14.5 Å². The molecule has 0 aromatic carbocycles. The number of rotatable bonds is 1. The zero-order chi connectivity index (χ0) is 14.0. The Bertz CT molecular complexity index is 455. The summed E-state index contributed by atoms with van der Waals surface area (Å²) in [4.78, 5) is 20.4. The summed E-state index contributed by atoms with van der Waals surface area (Å²) < 4.78 is 5.77. The highest BCUT2D eigenvalue weighted by atomic mass is 32.1. The van der Waals surface area contributed by atoms with E-state index in [1.54, 1.807) is 18.3 Å². The van der Waals surface area contributed by atoms with E-state index in [1.807, 2.05) is 16.5 Å². The normalized spacial score (nSPS) is 22.9. The molecule has 2 aliphatic rings. The SMILES string of the molecule is CC(=O)N1CCOCC2(CCN(c3nccs3)CC2)C1. The van der Waals surface area contributed by atoms with Crippen LogP contribution >= 0.6 is 11.3 Å². The zero-order valence-electron chi connectivity index (χ0n) is 11.9. The third kappa shape index (κ3) is 2.81. The van der Waals surface area contributed by atoms with Gasteiger partial charge in [-0.3, -0.25) is 4.79 Å². The van der Waals surface area contributed by atoms with Crippen LogP contribution in [0.5, 0.6) is 0 Å². The molecule has 6 heteroatoms. The predicted molar refractivity (Wildman–Crippen MR) is 79.1 cm³/mol. The largest absolute Gasteiger partial charge is 0.379 e. The Morgan fingerprint density at radius 2 is 2.20 bits per heavy atom. The Hall–Kier alpha value is -1.14. The average Bonchev–Trinajstić information content (AvgIpc) is 2.89. The molecule has 1 spiro atoms. The molecule has 0 bridgehead atoms. The maximum Gasteiger partial charge on any atom is 0.219 e. The van der Waals surface area contributed by atoms with E-state index >= 15 is 0 Å². The fraction of sp³-hybridized carbons (Fsp3) is 0.714. The first-order valence-electron chi connectivity index (χ1n) is 7.16. The Morgan fingerprint density at radius 1 is 1.40 bits per heavy atom. The number of hydrogen-bond acceptors (Lipinski definition) is 5. The van der Waals surface area contributed by atoms with Gasteiger partial charge in [-0.2, -0.15) is 0 Å². The van der Waals surface area contributed by atoms with Gasteiger partial charge in [0, 0.05) is 50.1 Å². The number of carbonyl (C=O) groups excluding carboxylic acids is 1. The average molecular weight is 295 g/mol. The minimum atomic E-state index is 0.135. The van der Waals surface area contributed by atoms with Gasteiger partial charge in [0.25, 0.3) is 0 Å². The van der Waals surface area contributed by atoms with Crippen molar-refractivity contribution < 1.29 is 9.53 Å². The molecule has 0 N–H and O–H groups in total. The molecule has 1 aromatic heterocycles. The van der Waals surface area contributed by atoms with Crippen LogP contribution in [0.2, 0.25) is 0 Å². The van der Waals surface area contributed by atoms with E-state index in [9.17, 15) is 4.79 Å². The predicted octanol–water partition coefficient (Wildman–Crippen LogP) is 1.61. The van der Waals surface area contributed by atoms with Crippen LogP contribution in [0.4, 0.5) is 5.13 Å². The van der Waals surface area contributed by atoms with E-state index in [4.69, 9.17) is 4.74 Å². The fourth-order valence-electron chi connectivity index (χ4n) is 3.11. The first-order chi connectivity index (χ1) is 9.69. The summed E-state index contributed by atoms with van der Waals surface area (Å²) in [5, 5.41) is 3.13. The molecule has 2 fully saturated rings. The standard InChI is InChI=1S/C14H21N3O2S/c1-12(18)17-7-8-19-11-14(10-17)2-5-16(6-3-14)13-15-4-9-20-13/h4,9H,2-3,5-8,10-11H2,1H3. The van der Waals surface area contributed by atoms with Gasteiger partial charge in [-0.15, -0.1) is 11.3 Å². The lowest BCUT2D eigenvalue weighted by Gasteiger charge is -2.42. The molecular formula is C14H21N3O2S. The smallest absolute Gasteiger partial charge is 0.219 e. The minimum absolute atomic E-state index is 0.135. The second-order valence-electron chi connectivity index (χ2n) is 5.79. The number of carbonyl (C=O) groups is 1. The molecule has 0 saturated carbocycles. The van der Waals surface area contributed by atoms with Crippen molar-refractivity contribution in [2.24, 2.45) is 5.41 Å². The third-order valence-electron chi connectivity index (χ3n) is 4.40. The van der Waals surface area contributed by atoms with Crippen molar-refractivity contribution in [1.82, 2.24) is 9.88 Å². The molecule has 2 saturated heterocycles. The van der Waals surface area contributed by atoms with E-state index in [0.29, 0.717) is 6.61 Å². The van der Waals surface area contributed by atoms with Crippen molar-refractivity contribution in [3.05, 3.63) is 11.6 Å². The van der Waals surface area contributed by atoms with E-state index < -0.39 is 0 Å². The van der Waals surface area contributed by atoms with Crippen LogP contribution in [0.3, 0.4) is 0 Å². The van der Waals surface area contributed by atoms with E-state index in [0.717, 1.165) is 50.8 Å². The first kappa shape index (κ1) is 13.8. The van der Waals surface area contributed by atoms with Crippen LogP contribution in [-0.2, 0) is 9.53 Å². The van der Waals surface area contributed by atoms with Gasteiger partial charge in [-0.05, 0) is 12.8 Å². The highest BCUT2D eigenvalue weighted by Crippen LogP contribution is 2.36. The summed E-state index contributed by atoms with van der Waals surface area (Å²) in [6, 6.07) is 0. The van der Waals surface area contributed by atoms with Crippen LogP contribution in [0.15, 0.2) is 11.6 Å². The zero-order valence-corrected chi connectivity index (χ0v) is 12.7. The van der Waals surface area contributed by atoms with Crippen LogP contribution in [0, 0.1) is 5.41 Å². The summed E-state index contributed by atoms with van der Waals surface area (Å²) >= 11 is 1.69. The molecule has 1 amide bonds. The van der Waals surface area contributed by atoms with Crippen LogP contribution in [-0.4, -0.2) is 55.2 Å². The molecule has 20 heavy (non-hydrogen) atoms. The number of aromatic nitrogens is 1. The monoisotopic (exact) mass is 295 g/mol. The van der Waals surface area contributed by atoms with Gasteiger partial charge in [0.1, 0.15) is 0 Å². The molecule has 1 aromatic rings. The lowest BCUT2D eigenvalue weighted by Crippen LogP contribution is -2.48. The molecule has 110 valence electrons. The van der Waals surface area contributed by atoms with E-state index in [1.165, 1.54) is 0 Å². The molecule has 3 heterocycles. The summed E-state index contributed by atoms with van der Waals surface area (Å²) in [6.07, 6.45) is 3.99. The van der Waals surface area contributed by atoms with Crippen molar-refractivity contribution in [3.8, 4) is 0 Å². The fourth-order valence-corrected chi connectivity index (χ4v) is 3.81. The number of amides is 1. The highest BCUT2D eigenvalue weighted by Gasteiger charge is 2.39. The number of anilines is 1. The molecule has 0 atom stereocenters. The van der Waals surface area contributed by atoms with Crippen LogP contribution in [0.1, 0.15) is 19.8 Å². The van der Waals surface area contributed by atoms with Crippen molar-refractivity contribution in [1.29, 1.82) is 0 Å². The molecule has 0 unspecified atom stereocenters. The number of ether oxygens (including phenoxy) is 1. The van der Waals surface area contributed by atoms with Gasteiger partial charge in [-0.25, -0.2) is 4.98 Å². The molecule has 5 nitrogen and oxygen atoms in total. The third-order valence-corrected chi connectivity index (χ3v) is 5.23. The van der Waals surface area contributed by atoms with Crippen LogP contribution in [0.25, 0.3) is 0 Å². The van der Waals surface area contributed by atoms with E-state index in [-0.39, 0.29) is 11.3 Å². The van der Waals surface area contributed by atoms with Crippen molar-refractivity contribution in [2.75, 3.05) is 44.3 Å². The maximum absolute atomic E-state index is 11.7. The Labute approximate surface area is 123 Å². The van der Waals surface area contributed by atoms with Crippen LogP contribution < -0.4 is 4.90 Å². The minimum Gasteiger partial charge on any atom is -0.379 e. The van der Waals surface area contributed by atoms with Gasteiger partial charge >= 0.3 is 0 Å². The number of thiazole rings is 1. The van der Waals surface area contributed by atoms with Crippen molar-refractivity contribution in [3.63, 3.8) is 0 Å². The summed E-state index contributed by atoms with van der Waals surface area (Å²) in [5.74, 6) is 0.164. The second kappa shape index (κ2) is 5.69. The van der Waals surface area contributed by atoms with Gasteiger partial charge in [0.15, 0.2) is 5.13 Å². The molecule has 3 rings (SSSR count). The number of nitrogens with zero attached hydrogens (tertiary/aromatic N) is 3. The summed E-state index contributed by atoms with van der Waals surface area (Å²) in [5.41, 5.74) is 0.135. The maximum atomic E-state index is 11.7. The molecule has 0 radical (unpaired) electrons. The van der Waals surface area contributed by atoms with Gasteiger partial charge in [0.2, 0.25) is 5.91 Å².